The van der Waals surface area contributed by atoms with Gasteiger partial charge in [-0.1, -0.05) is 11.3 Å². The second-order valence-electron chi connectivity index (χ2n) is 5.82. The average molecular weight is 316 g/mol. The molecule has 0 aromatic carbocycles. The quantitative estimate of drug-likeness (QED) is 0.877. The zero-order chi connectivity index (χ0) is 16.1. The summed E-state index contributed by atoms with van der Waals surface area (Å²) in [5, 5.41) is 16.4. The number of aromatic nitrogens is 3. The van der Waals surface area contributed by atoms with Crippen LogP contribution in [0.15, 0.2) is 35.1 Å². The van der Waals surface area contributed by atoms with Crippen LogP contribution in [0.25, 0.3) is 6.08 Å². The zero-order valence-corrected chi connectivity index (χ0v) is 12.8. The molecule has 0 unspecified atom stereocenters. The Morgan fingerprint density at radius 3 is 3.17 bits per heavy atom. The van der Waals surface area contributed by atoms with Gasteiger partial charge in [-0.15, -0.1) is 5.10 Å². The van der Waals surface area contributed by atoms with E-state index in [9.17, 15) is 4.79 Å². The van der Waals surface area contributed by atoms with Crippen LogP contribution >= 0.6 is 0 Å². The van der Waals surface area contributed by atoms with Crippen molar-refractivity contribution in [3.05, 3.63) is 42.1 Å². The van der Waals surface area contributed by atoms with Gasteiger partial charge in [-0.05, 0) is 43.5 Å². The second-order valence-corrected chi connectivity index (χ2v) is 5.82. The van der Waals surface area contributed by atoms with Gasteiger partial charge in [0.1, 0.15) is 5.76 Å². The smallest absolute Gasteiger partial charge is 0.358 e. The van der Waals surface area contributed by atoms with Crippen molar-refractivity contribution in [3.8, 4) is 0 Å². The molecule has 0 spiro atoms. The maximum absolute atomic E-state index is 10.8. The van der Waals surface area contributed by atoms with Gasteiger partial charge in [0.2, 0.25) is 0 Å². The molecule has 0 bridgehead atoms. The third kappa shape index (κ3) is 4.29. The van der Waals surface area contributed by atoms with Crippen LogP contribution in [0.3, 0.4) is 0 Å². The van der Waals surface area contributed by atoms with Crippen LogP contribution in [0.4, 0.5) is 0 Å². The lowest BCUT2D eigenvalue weighted by molar-refractivity contribution is 0.0690. The van der Waals surface area contributed by atoms with Crippen molar-refractivity contribution < 1.29 is 14.3 Å². The number of likely N-dealkylation sites (tertiary alicyclic amines) is 1. The first-order valence-corrected chi connectivity index (χ1v) is 7.76. The molecule has 1 fully saturated rings. The van der Waals surface area contributed by atoms with Gasteiger partial charge in [0, 0.05) is 19.6 Å². The summed E-state index contributed by atoms with van der Waals surface area (Å²) in [6.45, 7) is 3.65. The molecule has 1 N–H and O–H groups in total. The first-order valence-electron chi connectivity index (χ1n) is 7.76. The van der Waals surface area contributed by atoms with E-state index in [0.717, 1.165) is 38.2 Å². The first-order chi connectivity index (χ1) is 11.2. The molecule has 0 saturated carbocycles. The molecule has 23 heavy (non-hydrogen) atoms. The molecular weight excluding hydrogens is 296 g/mol. The lowest BCUT2D eigenvalue weighted by Crippen LogP contribution is -2.37. The first kappa shape index (κ1) is 15.5. The Hall–Kier alpha value is -2.41. The summed E-state index contributed by atoms with van der Waals surface area (Å²) < 4.78 is 6.91. The summed E-state index contributed by atoms with van der Waals surface area (Å²) in [5.74, 6) is 0.288. The number of rotatable bonds is 6. The molecule has 0 aliphatic carbocycles. The van der Waals surface area contributed by atoms with Gasteiger partial charge in [-0.2, -0.15) is 0 Å². The highest BCUT2D eigenvalue weighted by molar-refractivity contribution is 5.84. The topological polar surface area (TPSA) is 84.4 Å². The molecule has 0 amide bonds. The van der Waals surface area contributed by atoms with Gasteiger partial charge in [-0.3, -0.25) is 9.58 Å². The van der Waals surface area contributed by atoms with Gasteiger partial charge in [0.25, 0.3) is 0 Å². The van der Waals surface area contributed by atoms with E-state index in [4.69, 9.17) is 9.52 Å². The van der Waals surface area contributed by atoms with Crippen molar-refractivity contribution in [3.63, 3.8) is 0 Å². The minimum atomic E-state index is -1.04. The van der Waals surface area contributed by atoms with Gasteiger partial charge in [0.05, 0.1) is 12.5 Å². The Morgan fingerprint density at radius 2 is 2.43 bits per heavy atom. The Bertz CT molecular complexity index is 663. The SMILES string of the molecule is O=C(O)c1cn(C[C@@H]2CCCN(C/C=C/c3ccco3)C2)nn1. The molecule has 3 rings (SSSR count). The molecule has 2 aromatic heterocycles. The number of hydrogen-bond acceptors (Lipinski definition) is 5. The molecule has 7 nitrogen and oxygen atoms in total. The molecule has 2 aromatic rings. The Balaban J connectivity index is 1.50. The van der Waals surface area contributed by atoms with Crippen LogP contribution < -0.4 is 0 Å². The fourth-order valence-corrected chi connectivity index (χ4v) is 2.92. The van der Waals surface area contributed by atoms with E-state index < -0.39 is 5.97 Å². The predicted octanol–water partition coefficient (Wildman–Crippen LogP) is 1.99. The van der Waals surface area contributed by atoms with Gasteiger partial charge in [-0.25, -0.2) is 4.79 Å². The molecule has 3 heterocycles. The standard InChI is InChI=1S/C16H20N4O3/c21-16(22)15-12-20(18-17-15)11-13-4-1-7-19(10-13)8-2-5-14-6-3-9-23-14/h2-3,5-6,9,12-13H,1,4,7-8,10-11H2,(H,21,22)/b5-2+/t13-/m1/s1. The molecule has 7 heteroatoms. The van der Waals surface area contributed by atoms with E-state index in [-0.39, 0.29) is 5.69 Å². The maximum Gasteiger partial charge on any atom is 0.358 e. The van der Waals surface area contributed by atoms with Crippen LogP contribution in [0.2, 0.25) is 0 Å². The van der Waals surface area contributed by atoms with E-state index >= 15 is 0 Å². The van der Waals surface area contributed by atoms with Crippen LogP contribution in [-0.4, -0.2) is 50.6 Å². The monoisotopic (exact) mass is 316 g/mol. The highest BCUT2D eigenvalue weighted by Crippen LogP contribution is 2.18. The summed E-state index contributed by atoms with van der Waals surface area (Å²) in [4.78, 5) is 13.2. The molecule has 1 atom stereocenters. The molecule has 122 valence electrons. The zero-order valence-electron chi connectivity index (χ0n) is 12.8. The summed E-state index contributed by atoms with van der Waals surface area (Å²) >= 11 is 0. The Morgan fingerprint density at radius 1 is 1.52 bits per heavy atom. The van der Waals surface area contributed by atoms with E-state index in [2.05, 4.69) is 21.3 Å². The largest absolute Gasteiger partial charge is 0.476 e. The van der Waals surface area contributed by atoms with Crippen LogP contribution in [0.5, 0.6) is 0 Å². The summed E-state index contributed by atoms with van der Waals surface area (Å²) in [6.07, 6.45) is 9.53. The van der Waals surface area contributed by atoms with E-state index in [1.165, 1.54) is 6.20 Å². The fourth-order valence-electron chi connectivity index (χ4n) is 2.92. The average Bonchev–Trinajstić information content (AvgIpc) is 3.19. The normalized spacial score (nSPS) is 19.4. The highest BCUT2D eigenvalue weighted by atomic mass is 16.4. The molecule has 1 aliphatic heterocycles. The summed E-state index contributed by atoms with van der Waals surface area (Å²) in [5.41, 5.74) is -0.000883. The number of carboxylic acids is 1. The van der Waals surface area contributed by atoms with E-state index in [0.29, 0.717) is 12.5 Å². The third-order valence-electron chi connectivity index (χ3n) is 4.00. The number of carboxylic acid groups (broad SMARTS) is 1. The van der Waals surface area contributed by atoms with Crippen molar-refractivity contribution in [2.75, 3.05) is 19.6 Å². The fraction of sp³-hybridized carbons (Fsp3) is 0.438. The molecule has 1 aliphatic rings. The van der Waals surface area contributed by atoms with Crippen molar-refractivity contribution in [1.82, 2.24) is 19.9 Å². The second kappa shape index (κ2) is 7.23. The Labute approximate surface area is 134 Å². The number of furan rings is 1. The highest BCUT2D eigenvalue weighted by Gasteiger charge is 2.20. The minimum absolute atomic E-state index is 0.000883. The van der Waals surface area contributed by atoms with Crippen LogP contribution in [0, 0.1) is 5.92 Å². The van der Waals surface area contributed by atoms with Gasteiger partial charge < -0.3 is 9.52 Å². The van der Waals surface area contributed by atoms with Crippen LogP contribution in [0.1, 0.15) is 29.1 Å². The molecule has 1 saturated heterocycles. The van der Waals surface area contributed by atoms with Crippen LogP contribution in [-0.2, 0) is 6.54 Å². The Kier molecular flexibility index (Phi) is 4.87. The maximum atomic E-state index is 10.8. The number of aromatic carboxylic acids is 1. The van der Waals surface area contributed by atoms with Crippen molar-refractivity contribution in [1.29, 1.82) is 0 Å². The third-order valence-corrected chi connectivity index (χ3v) is 4.00. The van der Waals surface area contributed by atoms with Crippen molar-refractivity contribution in [2.45, 2.75) is 19.4 Å². The lowest BCUT2D eigenvalue weighted by Gasteiger charge is -2.31. The predicted molar refractivity (Wildman–Crippen MR) is 83.9 cm³/mol. The lowest BCUT2D eigenvalue weighted by atomic mass is 9.98. The summed E-state index contributed by atoms with van der Waals surface area (Å²) in [7, 11) is 0. The number of carbonyl (C=O) groups is 1. The van der Waals surface area contributed by atoms with Gasteiger partial charge in [0.15, 0.2) is 5.69 Å². The number of nitrogens with zero attached hydrogens (tertiary/aromatic N) is 4. The number of hydrogen-bond donors (Lipinski definition) is 1. The van der Waals surface area contributed by atoms with Crippen molar-refractivity contribution in [2.24, 2.45) is 5.92 Å². The minimum Gasteiger partial charge on any atom is -0.476 e. The molecule has 0 radical (unpaired) electrons. The van der Waals surface area contributed by atoms with E-state index in [1.807, 2.05) is 18.2 Å². The molecular formula is C16H20N4O3. The van der Waals surface area contributed by atoms with Crippen molar-refractivity contribution >= 4 is 12.0 Å². The summed E-state index contributed by atoms with van der Waals surface area (Å²) in [6, 6.07) is 3.81. The number of piperidine rings is 1. The van der Waals surface area contributed by atoms with E-state index in [1.54, 1.807) is 10.9 Å². The van der Waals surface area contributed by atoms with Gasteiger partial charge >= 0.3 is 5.97 Å².